The summed E-state index contributed by atoms with van der Waals surface area (Å²) in [7, 11) is 2.09. The number of nitrogens with zero attached hydrogens (tertiary/aromatic N) is 1. The normalized spacial score (nSPS) is 23.6. The Hall–Kier alpha value is -1.90. The molecule has 0 bridgehead atoms. The Bertz CT molecular complexity index is 427. The third-order valence-corrected chi connectivity index (χ3v) is 3.11. The predicted molar refractivity (Wildman–Crippen MR) is 71.7 cm³/mol. The molecule has 0 amide bonds. The minimum atomic E-state index is 0.158. The molecule has 0 aromatic carbocycles. The van der Waals surface area contributed by atoms with E-state index in [-0.39, 0.29) is 6.17 Å². The van der Waals surface area contributed by atoms with Gasteiger partial charge in [-0.15, -0.1) is 0 Å². The molecule has 1 unspecified atom stereocenters. The first-order valence-electron chi connectivity index (χ1n) is 5.87. The Labute approximate surface area is 103 Å². The molecule has 0 saturated carbocycles. The van der Waals surface area contributed by atoms with Crippen molar-refractivity contribution in [1.29, 1.82) is 0 Å². The van der Waals surface area contributed by atoms with Crippen molar-refractivity contribution in [1.82, 2.24) is 10.2 Å². The minimum Gasteiger partial charge on any atom is -0.405 e. The molecule has 3 N–H and O–H groups in total. The summed E-state index contributed by atoms with van der Waals surface area (Å²) in [4.78, 5) is 2.23. The molecule has 2 aliphatic rings. The predicted octanol–water partition coefficient (Wildman–Crippen LogP) is 1.99. The summed E-state index contributed by atoms with van der Waals surface area (Å²) in [5.41, 5.74) is 8.93. The number of nitrogens with two attached hydrogens (primary N) is 1. The van der Waals surface area contributed by atoms with Gasteiger partial charge in [0.1, 0.15) is 6.17 Å². The molecule has 90 valence electrons. The summed E-state index contributed by atoms with van der Waals surface area (Å²) in [5, 5.41) is 3.52. The molecule has 1 aliphatic carbocycles. The first kappa shape index (κ1) is 11.6. The molecule has 3 nitrogen and oxygen atoms in total. The topological polar surface area (TPSA) is 41.3 Å². The Morgan fingerprint density at radius 3 is 3.12 bits per heavy atom. The summed E-state index contributed by atoms with van der Waals surface area (Å²) in [6.07, 6.45) is 14.0. The molecule has 0 saturated heterocycles. The lowest BCUT2D eigenvalue weighted by Crippen LogP contribution is -2.35. The van der Waals surface area contributed by atoms with E-state index >= 15 is 0 Å². The zero-order chi connectivity index (χ0) is 12.3. The monoisotopic (exact) mass is 229 g/mol. The van der Waals surface area contributed by atoms with Gasteiger partial charge in [0.15, 0.2) is 0 Å². The third-order valence-electron chi connectivity index (χ3n) is 3.11. The summed E-state index contributed by atoms with van der Waals surface area (Å²) < 4.78 is 0. The van der Waals surface area contributed by atoms with Crippen LogP contribution in [0.25, 0.3) is 0 Å². The number of hydrogen-bond acceptors (Lipinski definition) is 3. The summed E-state index contributed by atoms with van der Waals surface area (Å²) in [5.74, 6) is 0. The zero-order valence-electron chi connectivity index (χ0n) is 10.2. The second-order valence-electron chi connectivity index (χ2n) is 4.28. The van der Waals surface area contributed by atoms with Crippen molar-refractivity contribution in [2.45, 2.75) is 19.0 Å². The zero-order valence-corrected chi connectivity index (χ0v) is 10.2. The fourth-order valence-electron chi connectivity index (χ4n) is 2.20. The molecule has 1 aliphatic heterocycles. The van der Waals surface area contributed by atoms with Crippen molar-refractivity contribution in [2.75, 3.05) is 7.05 Å². The van der Waals surface area contributed by atoms with Gasteiger partial charge in [-0.1, -0.05) is 24.8 Å². The van der Waals surface area contributed by atoms with Gasteiger partial charge in [-0.25, -0.2) is 0 Å². The van der Waals surface area contributed by atoms with Crippen LogP contribution in [0.3, 0.4) is 0 Å². The van der Waals surface area contributed by atoms with Crippen LogP contribution in [0.15, 0.2) is 60.1 Å². The van der Waals surface area contributed by atoms with Gasteiger partial charge in [0.25, 0.3) is 0 Å². The highest BCUT2D eigenvalue weighted by molar-refractivity contribution is 5.37. The van der Waals surface area contributed by atoms with Crippen LogP contribution in [-0.4, -0.2) is 18.1 Å². The SMILES string of the molecule is C=C(/C=C\C=C/N)C1NC2=C(C=CCC2)N1C. The Morgan fingerprint density at radius 2 is 2.41 bits per heavy atom. The minimum absolute atomic E-state index is 0.158. The second kappa shape index (κ2) is 4.95. The van der Waals surface area contributed by atoms with Crippen LogP contribution < -0.4 is 11.1 Å². The van der Waals surface area contributed by atoms with E-state index in [1.165, 1.54) is 17.6 Å². The van der Waals surface area contributed by atoms with Crippen LogP contribution >= 0.6 is 0 Å². The number of nitrogens with one attached hydrogen (secondary N) is 1. The van der Waals surface area contributed by atoms with E-state index in [9.17, 15) is 0 Å². The lowest BCUT2D eigenvalue weighted by atomic mass is 10.1. The second-order valence-corrected chi connectivity index (χ2v) is 4.28. The van der Waals surface area contributed by atoms with Crippen molar-refractivity contribution in [3.8, 4) is 0 Å². The standard InChI is InChI=1S/C14H19N3/c1-11(7-5-6-10-15)14-16-12-8-3-4-9-13(12)17(14)2/h4-7,9-10,14,16H,1,3,8,15H2,2H3/b7-5-,10-6-. The summed E-state index contributed by atoms with van der Waals surface area (Å²) in [6.45, 7) is 4.10. The van der Waals surface area contributed by atoms with Crippen molar-refractivity contribution < 1.29 is 0 Å². The van der Waals surface area contributed by atoms with Gasteiger partial charge in [-0.3, -0.25) is 0 Å². The largest absolute Gasteiger partial charge is 0.405 e. The highest BCUT2D eigenvalue weighted by Crippen LogP contribution is 2.29. The van der Waals surface area contributed by atoms with Crippen LogP contribution in [0.4, 0.5) is 0 Å². The number of hydrogen-bond donors (Lipinski definition) is 2. The average Bonchev–Trinajstić information content (AvgIpc) is 2.68. The van der Waals surface area contributed by atoms with Crippen LogP contribution in [0, 0.1) is 0 Å². The van der Waals surface area contributed by atoms with Gasteiger partial charge in [0.05, 0.1) is 5.70 Å². The molecule has 2 rings (SSSR count). The summed E-state index contributed by atoms with van der Waals surface area (Å²) >= 11 is 0. The molecule has 0 fully saturated rings. The van der Waals surface area contributed by atoms with Gasteiger partial charge < -0.3 is 16.0 Å². The average molecular weight is 229 g/mol. The molecule has 1 atom stereocenters. The molecule has 1 heterocycles. The highest BCUT2D eigenvalue weighted by Gasteiger charge is 2.28. The number of likely N-dealkylation sites (N-methyl/N-ethyl adjacent to an activating group) is 1. The van der Waals surface area contributed by atoms with E-state index in [2.05, 4.69) is 36.0 Å². The molecular weight excluding hydrogens is 210 g/mol. The van der Waals surface area contributed by atoms with E-state index in [0.29, 0.717) is 0 Å². The third kappa shape index (κ3) is 2.28. The lowest BCUT2D eigenvalue weighted by molar-refractivity contribution is 0.363. The van der Waals surface area contributed by atoms with Crippen molar-refractivity contribution in [3.05, 3.63) is 60.1 Å². The van der Waals surface area contributed by atoms with Crippen LogP contribution in [0.2, 0.25) is 0 Å². The van der Waals surface area contributed by atoms with E-state index in [4.69, 9.17) is 5.73 Å². The Morgan fingerprint density at radius 1 is 1.59 bits per heavy atom. The first-order valence-corrected chi connectivity index (χ1v) is 5.87. The van der Waals surface area contributed by atoms with E-state index in [1.54, 1.807) is 6.08 Å². The maximum Gasteiger partial charge on any atom is 0.125 e. The molecular formula is C14H19N3. The van der Waals surface area contributed by atoms with Crippen LogP contribution in [0.5, 0.6) is 0 Å². The van der Waals surface area contributed by atoms with E-state index in [1.807, 2.05) is 12.2 Å². The smallest absolute Gasteiger partial charge is 0.125 e. The van der Waals surface area contributed by atoms with Crippen LogP contribution in [-0.2, 0) is 0 Å². The van der Waals surface area contributed by atoms with E-state index in [0.717, 1.165) is 18.4 Å². The first-order chi connectivity index (χ1) is 8.24. The fraction of sp³-hybridized carbons (Fsp3) is 0.286. The number of allylic oxidation sites excluding steroid dienone is 5. The molecule has 0 spiro atoms. The van der Waals surface area contributed by atoms with Crippen LogP contribution in [0.1, 0.15) is 12.8 Å². The van der Waals surface area contributed by atoms with Gasteiger partial charge in [0.2, 0.25) is 0 Å². The Kier molecular flexibility index (Phi) is 3.38. The summed E-state index contributed by atoms with van der Waals surface area (Å²) in [6, 6.07) is 0. The lowest BCUT2D eigenvalue weighted by Gasteiger charge is -2.24. The van der Waals surface area contributed by atoms with Gasteiger partial charge in [-0.2, -0.15) is 0 Å². The maximum absolute atomic E-state index is 5.29. The molecule has 0 radical (unpaired) electrons. The van der Waals surface area contributed by atoms with Gasteiger partial charge in [-0.05, 0) is 36.8 Å². The molecule has 17 heavy (non-hydrogen) atoms. The molecule has 0 aromatic rings. The van der Waals surface area contributed by atoms with Crippen molar-refractivity contribution in [2.24, 2.45) is 5.73 Å². The van der Waals surface area contributed by atoms with Crippen molar-refractivity contribution >= 4 is 0 Å². The quantitative estimate of drug-likeness (QED) is 0.727. The maximum atomic E-state index is 5.29. The fourth-order valence-corrected chi connectivity index (χ4v) is 2.20. The van der Waals surface area contributed by atoms with Gasteiger partial charge >= 0.3 is 0 Å². The highest BCUT2D eigenvalue weighted by atomic mass is 15.3. The van der Waals surface area contributed by atoms with E-state index < -0.39 is 0 Å². The molecule has 0 aromatic heterocycles. The number of rotatable bonds is 3. The van der Waals surface area contributed by atoms with Crippen molar-refractivity contribution in [3.63, 3.8) is 0 Å². The Balaban J connectivity index is 2.06. The van der Waals surface area contributed by atoms with Gasteiger partial charge in [0, 0.05) is 12.7 Å². The molecule has 3 heteroatoms.